The van der Waals surface area contributed by atoms with Gasteiger partial charge < -0.3 is 14.4 Å². The standard InChI is InChI=1S/C24H21NO4/c1-15-8-11-18(12-9-15)21-20(22(26)19-13-10-16(2)29-19)23(27)24(28)25(21)14-17-6-4-3-5-7-17/h3-13,21,27H,14H2,1-2H3. The molecule has 0 saturated heterocycles. The summed E-state index contributed by atoms with van der Waals surface area (Å²) in [5.74, 6) is -0.872. The van der Waals surface area contributed by atoms with Crippen molar-refractivity contribution in [2.24, 2.45) is 0 Å². The Morgan fingerprint density at radius 2 is 1.69 bits per heavy atom. The maximum absolute atomic E-state index is 13.2. The lowest BCUT2D eigenvalue weighted by atomic mass is 9.94. The van der Waals surface area contributed by atoms with Crippen LogP contribution in [-0.4, -0.2) is 21.7 Å². The number of aliphatic hydroxyl groups is 1. The van der Waals surface area contributed by atoms with Gasteiger partial charge in [-0.25, -0.2) is 0 Å². The number of furan rings is 1. The Bertz CT molecular complexity index is 1090. The summed E-state index contributed by atoms with van der Waals surface area (Å²) >= 11 is 0. The molecule has 146 valence electrons. The summed E-state index contributed by atoms with van der Waals surface area (Å²) in [6, 6.07) is 19.7. The van der Waals surface area contributed by atoms with Gasteiger partial charge in [-0.2, -0.15) is 0 Å². The Morgan fingerprint density at radius 3 is 2.31 bits per heavy atom. The lowest BCUT2D eigenvalue weighted by Gasteiger charge is -2.27. The van der Waals surface area contributed by atoms with Crippen LogP contribution in [-0.2, 0) is 11.3 Å². The number of aliphatic hydroxyl groups excluding tert-OH is 1. The Hall–Kier alpha value is -3.60. The average Bonchev–Trinajstić information content (AvgIpc) is 3.26. The van der Waals surface area contributed by atoms with Crippen molar-refractivity contribution in [3.63, 3.8) is 0 Å². The number of hydrogen-bond acceptors (Lipinski definition) is 4. The maximum atomic E-state index is 13.2. The number of Topliss-reactive ketones (excluding diaryl/α,β-unsaturated/α-hetero) is 1. The number of hydrogen-bond donors (Lipinski definition) is 1. The molecule has 1 atom stereocenters. The van der Waals surface area contributed by atoms with Gasteiger partial charge in [0.05, 0.1) is 11.6 Å². The average molecular weight is 387 g/mol. The topological polar surface area (TPSA) is 70.7 Å². The molecule has 29 heavy (non-hydrogen) atoms. The molecule has 2 heterocycles. The van der Waals surface area contributed by atoms with Crippen molar-refractivity contribution in [2.45, 2.75) is 26.4 Å². The normalized spacial score (nSPS) is 16.6. The van der Waals surface area contributed by atoms with Gasteiger partial charge in [-0.05, 0) is 37.1 Å². The first-order chi connectivity index (χ1) is 14.0. The monoisotopic (exact) mass is 387 g/mol. The van der Waals surface area contributed by atoms with Crippen LogP contribution < -0.4 is 0 Å². The number of carbonyl (C=O) groups excluding carboxylic acids is 2. The van der Waals surface area contributed by atoms with Gasteiger partial charge in [-0.3, -0.25) is 9.59 Å². The van der Waals surface area contributed by atoms with Crippen LogP contribution in [0.2, 0.25) is 0 Å². The van der Waals surface area contributed by atoms with Crippen molar-refractivity contribution >= 4 is 11.7 Å². The van der Waals surface area contributed by atoms with Crippen LogP contribution in [0.5, 0.6) is 0 Å². The number of aryl methyl sites for hydroxylation is 2. The Balaban J connectivity index is 1.79. The van der Waals surface area contributed by atoms with Gasteiger partial charge >= 0.3 is 0 Å². The van der Waals surface area contributed by atoms with Crippen molar-refractivity contribution in [3.8, 4) is 0 Å². The van der Waals surface area contributed by atoms with Crippen LogP contribution in [0.4, 0.5) is 0 Å². The van der Waals surface area contributed by atoms with E-state index in [1.54, 1.807) is 19.1 Å². The molecule has 5 nitrogen and oxygen atoms in total. The second-order valence-corrected chi connectivity index (χ2v) is 7.23. The second kappa shape index (κ2) is 7.43. The van der Waals surface area contributed by atoms with Crippen molar-refractivity contribution in [1.29, 1.82) is 0 Å². The van der Waals surface area contributed by atoms with E-state index in [-0.39, 0.29) is 17.9 Å². The number of nitrogens with zero attached hydrogens (tertiary/aromatic N) is 1. The van der Waals surface area contributed by atoms with Gasteiger partial charge in [0.15, 0.2) is 11.5 Å². The van der Waals surface area contributed by atoms with E-state index in [1.807, 2.05) is 61.5 Å². The summed E-state index contributed by atoms with van der Waals surface area (Å²) in [6.07, 6.45) is 0. The fourth-order valence-electron chi connectivity index (χ4n) is 3.61. The quantitative estimate of drug-likeness (QED) is 0.646. The Labute approximate surface area is 168 Å². The number of amides is 1. The molecule has 0 fully saturated rings. The summed E-state index contributed by atoms with van der Waals surface area (Å²) in [7, 11) is 0. The molecule has 1 aromatic heterocycles. The van der Waals surface area contributed by atoms with Crippen LogP contribution in [0.1, 0.15) is 39.0 Å². The molecule has 2 aromatic carbocycles. The summed E-state index contributed by atoms with van der Waals surface area (Å²) in [5, 5.41) is 10.7. The number of benzene rings is 2. The van der Waals surface area contributed by atoms with Crippen molar-refractivity contribution in [1.82, 2.24) is 4.90 Å². The van der Waals surface area contributed by atoms with E-state index in [4.69, 9.17) is 4.42 Å². The van der Waals surface area contributed by atoms with E-state index < -0.39 is 23.5 Å². The van der Waals surface area contributed by atoms with E-state index in [2.05, 4.69) is 0 Å². The minimum atomic E-state index is -0.693. The number of carbonyl (C=O) groups is 2. The van der Waals surface area contributed by atoms with E-state index in [1.165, 1.54) is 4.90 Å². The highest BCUT2D eigenvalue weighted by Gasteiger charge is 2.44. The third-order valence-corrected chi connectivity index (χ3v) is 5.10. The highest BCUT2D eigenvalue weighted by atomic mass is 16.3. The van der Waals surface area contributed by atoms with E-state index in [0.29, 0.717) is 5.76 Å². The van der Waals surface area contributed by atoms with Crippen molar-refractivity contribution in [2.75, 3.05) is 0 Å². The van der Waals surface area contributed by atoms with Crippen LogP contribution in [0.15, 0.2) is 82.5 Å². The maximum Gasteiger partial charge on any atom is 0.290 e. The van der Waals surface area contributed by atoms with Gasteiger partial charge in [0.2, 0.25) is 5.78 Å². The molecule has 1 aliphatic heterocycles. The zero-order valence-corrected chi connectivity index (χ0v) is 16.3. The summed E-state index contributed by atoms with van der Waals surface area (Å²) in [4.78, 5) is 27.6. The van der Waals surface area contributed by atoms with Gasteiger partial charge in [-0.15, -0.1) is 0 Å². The number of rotatable bonds is 5. The van der Waals surface area contributed by atoms with Crippen LogP contribution in [0.3, 0.4) is 0 Å². The molecular weight excluding hydrogens is 366 g/mol. The summed E-state index contributed by atoms with van der Waals surface area (Å²) in [6.45, 7) is 3.98. The minimum Gasteiger partial charge on any atom is -0.503 e. The predicted octanol–water partition coefficient (Wildman–Crippen LogP) is 4.67. The molecule has 5 heteroatoms. The van der Waals surface area contributed by atoms with Gasteiger partial charge in [0, 0.05) is 6.54 Å². The van der Waals surface area contributed by atoms with E-state index in [0.717, 1.165) is 16.7 Å². The summed E-state index contributed by atoms with van der Waals surface area (Å²) < 4.78 is 5.47. The zero-order chi connectivity index (χ0) is 20.5. The molecule has 4 rings (SSSR count). The first kappa shape index (κ1) is 18.7. The van der Waals surface area contributed by atoms with Gasteiger partial charge in [0.1, 0.15) is 5.76 Å². The molecule has 3 aromatic rings. The molecule has 1 amide bonds. The first-order valence-corrected chi connectivity index (χ1v) is 9.41. The molecule has 1 aliphatic rings. The van der Waals surface area contributed by atoms with Crippen LogP contribution in [0, 0.1) is 13.8 Å². The smallest absolute Gasteiger partial charge is 0.290 e. The molecule has 0 aliphatic carbocycles. The lowest BCUT2D eigenvalue weighted by molar-refractivity contribution is -0.130. The van der Waals surface area contributed by atoms with Crippen molar-refractivity contribution < 1.29 is 19.1 Å². The largest absolute Gasteiger partial charge is 0.503 e. The molecule has 1 N–H and O–H groups in total. The molecule has 0 spiro atoms. The Kier molecular flexibility index (Phi) is 4.80. The highest BCUT2D eigenvalue weighted by molar-refractivity contribution is 6.15. The Morgan fingerprint density at radius 1 is 1.00 bits per heavy atom. The first-order valence-electron chi connectivity index (χ1n) is 9.41. The highest BCUT2D eigenvalue weighted by Crippen LogP contribution is 2.40. The third kappa shape index (κ3) is 3.47. The lowest BCUT2D eigenvalue weighted by Crippen LogP contribution is -2.30. The molecule has 0 radical (unpaired) electrons. The fourth-order valence-corrected chi connectivity index (χ4v) is 3.61. The zero-order valence-electron chi connectivity index (χ0n) is 16.3. The second-order valence-electron chi connectivity index (χ2n) is 7.23. The van der Waals surface area contributed by atoms with Crippen molar-refractivity contribution in [3.05, 3.63) is 106 Å². The number of ketones is 1. The van der Waals surface area contributed by atoms with Gasteiger partial charge in [-0.1, -0.05) is 60.2 Å². The molecule has 0 bridgehead atoms. The summed E-state index contributed by atoms with van der Waals surface area (Å²) in [5.41, 5.74) is 2.78. The molecule has 1 unspecified atom stereocenters. The molecule has 0 saturated carbocycles. The fraction of sp³-hybridized carbons (Fsp3) is 0.167. The third-order valence-electron chi connectivity index (χ3n) is 5.10. The van der Waals surface area contributed by atoms with E-state index in [9.17, 15) is 14.7 Å². The predicted molar refractivity (Wildman–Crippen MR) is 108 cm³/mol. The van der Waals surface area contributed by atoms with Gasteiger partial charge in [0.25, 0.3) is 5.91 Å². The minimum absolute atomic E-state index is 0.0455. The van der Waals surface area contributed by atoms with Crippen LogP contribution >= 0.6 is 0 Å². The van der Waals surface area contributed by atoms with Crippen LogP contribution in [0.25, 0.3) is 0 Å². The molecular formula is C24H21NO4. The SMILES string of the molecule is Cc1ccc(C2C(C(=O)c3ccc(C)o3)=C(O)C(=O)N2Cc2ccccc2)cc1. The van der Waals surface area contributed by atoms with E-state index >= 15 is 0 Å².